The summed E-state index contributed by atoms with van der Waals surface area (Å²) in [6, 6.07) is 123. The number of hydrogen-bond acceptors (Lipinski definition) is 3. The maximum Gasteiger partial charge on any atom is 0.0756 e. The molecule has 408 valence electrons. The van der Waals surface area contributed by atoms with Crippen molar-refractivity contribution in [3.8, 4) is 16.8 Å². The van der Waals surface area contributed by atoms with E-state index in [0.717, 1.165) is 64.0 Å². The standard InChI is InChI=1S/C82H60N4/c1-7-24-58(25-8-1)42-53-70(59-26-9-2-10-27-59)60-43-45-65(46-44-60)84(63-32-15-5-16-33-63)68-51-54-71-72-55-52-69(85(64-34-17-6-18-35-64)67-49-47-66(48-50-67)83(61-28-11-3-12-29-61)62-30-13-4-14-31-62)57-78(72)82(77(71)56-68)75-38-20-22-41-80(75)86-79-40-21-19-36-73(79)74-37-23-39-76(82)81(74)86/h1-41,43-52,54-57,70H,42,53H2/t70-,82?/m0/s1. The minimum absolute atomic E-state index is 0.241. The zero-order chi connectivity index (χ0) is 57.0. The van der Waals surface area contributed by atoms with E-state index in [1.165, 1.54) is 77.6 Å². The Morgan fingerprint density at radius 1 is 0.291 bits per heavy atom. The van der Waals surface area contributed by atoms with Gasteiger partial charge < -0.3 is 19.3 Å². The number of benzene rings is 13. The van der Waals surface area contributed by atoms with Gasteiger partial charge in [0.1, 0.15) is 0 Å². The van der Waals surface area contributed by atoms with Crippen LogP contribution in [0.2, 0.25) is 0 Å². The molecule has 0 saturated carbocycles. The highest BCUT2D eigenvalue weighted by Crippen LogP contribution is 2.63. The summed E-state index contributed by atoms with van der Waals surface area (Å²) in [5.74, 6) is 0.241. The quantitative estimate of drug-likeness (QED) is 0.108. The molecule has 0 fully saturated rings. The average Bonchev–Trinajstić information content (AvgIpc) is 2.03. The van der Waals surface area contributed by atoms with E-state index in [4.69, 9.17) is 0 Å². The lowest BCUT2D eigenvalue weighted by molar-refractivity contribution is 0.715. The van der Waals surface area contributed by atoms with Crippen molar-refractivity contribution in [2.45, 2.75) is 24.2 Å². The summed E-state index contributed by atoms with van der Waals surface area (Å²) in [4.78, 5) is 7.21. The minimum atomic E-state index is -0.733. The van der Waals surface area contributed by atoms with Crippen LogP contribution in [0.4, 0.5) is 51.2 Å². The number of anilines is 9. The van der Waals surface area contributed by atoms with Crippen molar-refractivity contribution in [2.24, 2.45) is 0 Å². The number of aryl methyl sites for hydroxylation is 1. The first kappa shape index (κ1) is 50.8. The molecule has 13 aromatic carbocycles. The van der Waals surface area contributed by atoms with Crippen LogP contribution in [0.3, 0.4) is 0 Å². The molecule has 2 heterocycles. The molecule has 1 aromatic heterocycles. The van der Waals surface area contributed by atoms with Gasteiger partial charge in [-0.1, -0.05) is 212 Å². The van der Waals surface area contributed by atoms with E-state index in [0.29, 0.717) is 0 Å². The van der Waals surface area contributed by atoms with E-state index in [-0.39, 0.29) is 5.92 Å². The Morgan fingerprint density at radius 3 is 1.21 bits per heavy atom. The minimum Gasteiger partial charge on any atom is -0.311 e. The molecule has 0 saturated heterocycles. The lowest BCUT2D eigenvalue weighted by atomic mass is 9.65. The Balaban J connectivity index is 0.884. The van der Waals surface area contributed by atoms with Crippen LogP contribution in [-0.4, -0.2) is 4.57 Å². The Bertz CT molecular complexity index is 4700. The Kier molecular flexibility index (Phi) is 12.6. The molecule has 1 spiro atoms. The molecule has 4 heteroatoms. The summed E-state index contributed by atoms with van der Waals surface area (Å²) in [7, 11) is 0. The van der Waals surface area contributed by atoms with Crippen LogP contribution in [0.5, 0.6) is 0 Å². The molecule has 1 aliphatic carbocycles. The third-order valence-electron chi connectivity index (χ3n) is 18.0. The van der Waals surface area contributed by atoms with E-state index >= 15 is 0 Å². The van der Waals surface area contributed by atoms with Crippen molar-refractivity contribution in [3.05, 3.63) is 373 Å². The van der Waals surface area contributed by atoms with Crippen molar-refractivity contribution in [2.75, 3.05) is 14.7 Å². The van der Waals surface area contributed by atoms with E-state index in [9.17, 15) is 0 Å². The monoisotopic (exact) mass is 1100 g/mol. The number of aromatic nitrogens is 1. The lowest BCUT2D eigenvalue weighted by Gasteiger charge is -2.40. The fourth-order valence-electron chi connectivity index (χ4n) is 14.3. The SMILES string of the molecule is c1ccc(CC[C@@H](c2ccccc2)c2ccc(N(c3ccccc3)c3ccc4c(c3)C3(c5cc(N(c6ccccc6)c6ccc(N(c7ccccc7)c7ccccc7)cc6)ccc5-4)c4ccccc4-n4c5ccccc5c5cccc3c54)cc2)cc1. The summed E-state index contributed by atoms with van der Waals surface area (Å²) in [5.41, 5.74) is 24.3. The van der Waals surface area contributed by atoms with Crippen LogP contribution in [-0.2, 0) is 11.8 Å². The van der Waals surface area contributed by atoms with Gasteiger partial charge in [-0.3, -0.25) is 0 Å². The number of para-hydroxylation sites is 7. The van der Waals surface area contributed by atoms with Gasteiger partial charge in [0.15, 0.2) is 0 Å². The molecule has 0 bridgehead atoms. The summed E-state index contributed by atoms with van der Waals surface area (Å²) >= 11 is 0. The molecule has 2 atom stereocenters. The predicted octanol–water partition coefficient (Wildman–Crippen LogP) is 21.6. The fourth-order valence-corrected chi connectivity index (χ4v) is 14.3. The van der Waals surface area contributed by atoms with Crippen LogP contribution in [0.15, 0.2) is 334 Å². The summed E-state index contributed by atoms with van der Waals surface area (Å²) in [5, 5.41) is 2.51. The first-order chi connectivity index (χ1) is 42.7. The molecule has 14 aromatic rings. The molecular formula is C82H60N4. The molecule has 4 nitrogen and oxygen atoms in total. The van der Waals surface area contributed by atoms with Gasteiger partial charge in [-0.2, -0.15) is 0 Å². The Morgan fingerprint density at radius 2 is 0.674 bits per heavy atom. The number of hydrogen-bond donors (Lipinski definition) is 0. The van der Waals surface area contributed by atoms with Gasteiger partial charge in [-0.15, -0.1) is 0 Å². The van der Waals surface area contributed by atoms with Crippen LogP contribution >= 0.6 is 0 Å². The highest BCUT2D eigenvalue weighted by atomic mass is 15.2. The van der Waals surface area contributed by atoms with Crippen LogP contribution in [0.25, 0.3) is 38.6 Å². The van der Waals surface area contributed by atoms with Crippen molar-refractivity contribution < 1.29 is 0 Å². The molecule has 2 aliphatic rings. The van der Waals surface area contributed by atoms with E-state index < -0.39 is 5.41 Å². The topological polar surface area (TPSA) is 14.7 Å². The second-order valence-electron chi connectivity index (χ2n) is 22.7. The first-order valence-electron chi connectivity index (χ1n) is 30.0. The predicted molar refractivity (Wildman–Crippen MR) is 359 cm³/mol. The molecule has 0 amide bonds. The van der Waals surface area contributed by atoms with Gasteiger partial charge in [-0.25, -0.2) is 0 Å². The van der Waals surface area contributed by atoms with Gasteiger partial charge in [0.2, 0.25) is 0 Å². The molecule has 1 unspecified atom stereocenters. The molecule has 1 aliphatic heterocycles. The van der Waals surface area contributed by atoms with Crippen molar-refractivity contribution in [1.29, 1.82) is 0 Å². The molecule has 0 N–H and O–H groups in total. The van der Waals surface area contributed by atoms with Gasteiger partial charge in [0, 0.05) is 67.9 Å². The molecule has 16 rings (SSSR count). The van der Waals surface area contributed by atoms with Gasteiger partial charge in [-0.05, 0) is 184 Å². The van der Waals surface area contributed by atoms with Crippen LogP contribution in [0, 0.1) is 0 Å². The molecule has 86 heavy (non-hydrogen) atoms. The van der Waals surface area contributed by atoms with Crippen LogP contribution < -0.4 is 14.7 Å². The van der Waals surface area contributed by atoms with E-state index in [1.54, 1.807) is 0 Å². The first-order valence-corrected chi connectivity index (χ1v) is 30.0. The maximum atomic E-state index is 2.54. The smallest absolute Gasteiger partial charge is 0.0756 e. The number of rotatable bonds is 14. The van der Waals surface area contributed by atoms with Gasteiger partial charge in [0.25, 0.3) is 0 Å². The largest absolute Gasteiger partial charge is 0.311 e. The lowest BCUT2D eigenvalue weighted by Crippen LogP contribution is -2.33. The fraction of sp³-hybridized carbons (Fsp3) is 0.0488. The third kappa shape index (κ3) is 8.44. The van der Waals surface area contributed by atoms with Crippen molar-refractivity contribution >= 4 is 73.0 Å². The summed E-state index contributed by atoms with van der Waals surface area (Å²) in [6.07, 6.45) is 2.01. The zero-order valence-corrected chi connectivity index (χ0v) is 47.5. The van der Waals surface area contributed by atoms with Crippen molar-refractivity contribution in [1.82, 2.24) is 4.57 Å². The molecule has 0 radical (unpaired) electrons. The Labute approximate surface area is 503 Å². The van der Waals surface area contributed by atoms with Crippen molar-refractivity contribution in [3.63, 3.8) is 0 Å². The number of nitrogens with zero attached hydrogens (tertiary/aromatic N) is 4. The van der Waals surface area contributed by atoms with Gasteiger partial charge >= 0.3 is 0 Å². The van der Waals surface area contributed by atoms with E-state index in [2.05, 4.69) is 353 Å². The maximum absolute atomic E-state index is 2.54. The molecular weight excluding hydrogens is 1040 g/mol. The Hall–Kier alpha value is -10.9. The highest BCUT2D eigenvalue weighted by Gasteiger charge is 2.51. The highest BCUT2D eigenvalue weighted by molar-refractivity contribution is 6.13. The third-order valence-corrected chi connectivity index (χ3v) is 18.0. The zero-order valence-electron chi connectivity index (χ0n) is 47.5. The summed E-state index contributed by atoms with van der Waals surface area (Å²) < 4.78 is 2.54. The summed E-state index contributed by atoms with van der Waals surface area (Å²) in [6.45, 7) is 0. The average molecular weight is 1100 g/mol. The van der Waals surface area contributed by atoms with Gasteiger partial charge in [0.05, 0.1) is 22.1 Å². The normalized spacial score (nSPS) is 13.9. The second-order valence-corrected chi connectivity index (χ2v) is 22.7. The second kappa shape index (κ2) is 21.4. The number of fused-ring (bicyclic) bond motifs is 12. The van der Waals surface area contributed by atoms with E-state index in [1.807, 2.05) is 0 Å². The van der Waals surface area contributed by atoms with Crippen LogP contribution in [0.1, 0.15) is 51.3 Å².